The molecular weight excluding hydrogens is 566 g/mol. The predicted molar refractivity (Wildman–Crippen MR) is 182 cm³/mol. The van der Waals surface area contributed by atoms with Crippen molar-refractivity contribution in [3.63, 3.8) is 0 Å². The fourth-order valence-electron chi connectivity index (χ4n) is 6.42. The number of hydrogen-bond donors (Lipinski definition) is 0. The third-order valence-electron chi connectivity index (χ3n) is 8.50. The van der Waals surface area contributed by atoms with E-state index in [1.54, 1.807) is 0 Å². The number of nitrogens with zero attached hydrogens (tertiary/aromatic N) is 5. The molecular formula is C40H23N5O. The quantitative estimate of drug-likeness (QED) is 0.204. The van der Waals surface area contributed by atoms with E-state index in [1.807, 2.05) is 109 Å². The molecule has 6 heteroatoms. The number of hydrogen-bond acceptors (Lipinski definition) is 5. The average molecular weight is 590 g/mol. The first-order valence-corrected chi connectivity index (χ1v) is 15.0. The molecule has 0 amide bonds. The number of para-hydroxylation sites is 2. The molecule has 214 valence electrons. The molecule has 0 aliphatic heterocycles. The minimum absolute atomic E-state index is 0.446. The van der Waals surface area contributed by atoms with Crippen molar-refractivity contribution in [2.24, 2.45) is 0 Å². The number of fused-ring (bicyclic) bond motifs is 7. The van der Waals surface area contributed by atoms with Gasteiger partial charge in [0.25, 0.3) is 0 Å². The molecule has 6 nitrogen and oxygen atoms in total. The molecule has 3 heterocycles. The second-order valence-electron chi connectivity index (χ2n) is 11.2. The van der Waals surface area contributed by atoms with E-state index in [9.17, 15) is 5.26 Å². The second-order valence-corrected chi connectivity index (χ2v) is 11.2. The fraction of sp³-hybridized carbons (Fsp3) is 0. The Kier molecular flexibility index (Phi) is 5.77. The minimum atomic E-state index is 0.446. The summed E-state index contributed by atoms with van der Waals surface area (Å²) in [5, 5.41) is 14.9. The summed E-state index contributed by atoms with van der Waals surface area (Å²) in [7, 11) is 0. The van der Waals surface area contributed by atoms with Gasteiger partial charge in [-0.3, -0.25) is 0 Å². The lowest BCUT2D eigenvalue weighted by molar-refractivity contribution is 0.669. The minimum Gasteiger partial charge on any atom is -0.456 e. The van der Waals surface area contributed by atoms with Crippen LogP contribution in [0.15, 0.2) is 144 Å². The van der Waals surface area contributed by atoms with E-state index in [-0.39, 0.29) is 0 Å². The van der Waals surface area contributed by atoms with Crippen LogP contribution in [0.4, 0.5) is 0 Å². The van der Waals surface area contributed by atoms with Crippen LogP contribution in [0.5, 0.6) is 0 Å². The molecule has 46 heavy (non-hydrogen) atoms. The highest BCUT2D eigenvalue weighted by Gasteiger charge is 2.21. The van der Waals surface area contributed by atoms with Gasteiger partial charge < -0.3 is 8.98 Å². The lowest BCUT2D eigenvalue weighted by Gasteiger charge is -2.12. The Morgan fingerprint density at radius 3 is 1.89 bits per heavy atom. The van der Waals surface area contributed by atoms with Crippen LogP contribution in [-0.2, 0) is 0 Å². The molecule has 0 N–H and O–H groups in total. The van der Waals surface area contributed by atoms with Gasteiger partial charge >= 0.3 is 0 Å². The summed E-state index contributed by atoms with van der Waals surface area (Å²) in [6.45, 7) is 0. The van der Waals surface area contributed by atoms with Crippen LogP contribution < -0.4 is 0 Å². The summed E-state index contributed by atoms with van der Waals surface area (Å²) in [5.74, 6) is 1.55. The molecule has 0 fully saturated rings. The highest BCUT2D eigenvalue weighted by molar-refractivity contribution is 6.24. The fourth-order valence-corrected chi connectivity index (χ4v) is 6.42. The molecule has 0 atom stereocenters. The first-order valence-electron chi connectivity index (χ1n) is 15.0. The third-order valence-corrected chi connectivity index (χ3v) is 8.50. The van der Waals surface area contributed by atoms with Crippen molar-refractivity contribution >= 4 is 43.7 Å². The molecule has 9 rings (SSSR count). The van der Waals surface area contributed by atoms with Crippen molar-refractivity contribution in [3.8, 4) is 45.9 Å². The summed E-state index contributed by atoms with van der Waals surface area (Å²) in [4.78, 5) is 14.6. The molecule has 0 aliphatic carbocycles. The van der Waals surface area contributed by atoms with Crippen LogP contribution in [0.2, 0.25) is 0 Å². The van der Waals surface area contributed by atoms with E-state index in [2.05, 4.69) is 41.0 Å². The van der Waals surface area contributed by atoms with E-state index in [1.165, 1.54) is 0 Å². The van der Waals surface area contributed by atoms with Crippen LogP contribution in [0.3, 0.4) is 0 Å². The first kappa shape index (κ1) is 25.9. The Hall–Kier alpha value is -6.58. The van der Waals surface area contributed by atoms with E-state index >= 15 is 0 Å². The van der Waals surface area contributed by atoms with Gasteiger partial charge in [0.1, 0.15) is 11.2 Å². The molecule has 0 bridgehead atoms. The molecule has 6 aromatic carbocycles. The van der Waals surface area contributed by atoms with Crippen molar-refractivity contribution in [3.05, 3.63) is 145 Å². The van der Waals surface area contributed by atoms with Gasteiger partial charge in [-0.25, -0.2) is 15.0 Å². The Labute approximate surface area is 263 Å². The Balaban J connectivity index is 1.29. The Morgan fingerprint density at radius 2 is 1.17 bits per heavy atom. The number of furan rings is 1. The van der Waals surface area contributed by atoms with Gasteiger partial charge in [0.05, 0.1) is 28.1 Å². The van der Waals surface area contributed by atoms with Crippen LogP contribution in [0.1, 0.15) is 5.56 Å². The topological polar surface area (TPSA) is 80.5 Å². The molecule has 9 aromatic rings. The summed E-state index contributed by atoms with van der Waals surface area (Å²) in [5.41, 5.74) is 7.47. The number of nitriles is 1. The molecule has 0 aliphatic rings. The van der Waals surface area contributed by atoms with Gasteiger partial charge in [-0.05, 0) is 42.5 Å². The average Bonchev–Trinajstić information content (AvgIpc) is 3.68. The maximum Gasteiger partial charge on any atom is 0.165 e. The van der Waals surface area contributed by atoms with Crippen molar-refractivity contribution in [1.29, 1.82) is 5.26 Å². The zero-order valence-electron chi connectivity index (χ0n) is 24.4. The molecule has 0 radical (unpaired) electrons. The van der Waals surface area contributed by atoms with Crippen molar-refractivity contribution in [2.75, 3.05) is 0 Å². The highest BCUT2D eigenvalue weighted by Crippen LogP contribution is 2.41. The lowest BCUT2D eigenvalue weighted by Crippen LogP contribution is -2.02. The maximum atomic E-state index is 10.5. The maximum absolute atomic E-state index is 10.5. The zero-order valence-corrected chi connectivity index (χ0v) is 24.4. The molecule has 3 aromatic heterocycles. The molecule has 0 unspecified atom stereocenters. The summed E-state index contributed by atoms with van der Waals surface area (Å²) < 4.78 is 8.51. The Morgan fingerprint density at radius 1 is 0.543 bits per heavy atom. The van der Waals surface area contributed by atoms with Gasteiger partial charge in [0.15, 0.2) is 17.5 Å². The second kappa shape index (κ2) is 10.3. The van der Waals surface area contributed by atoms with E-state index in [0.29, 0.717) is 28.6 Å². The number of benzene rings is 6. The monoisotopic (exact) mass is 589 g/mol. The molecule has 0 saturated carbocycles. The van der Waals surface area contributed by atoms with Gasteiger partial charge in [-0.2, -0.15) is 5.26 Å². The lowest BCUT2D eigenvalue weighted by atomic mass is 10.1. The Bertz CT molecular complexity index is 2590. The van der Waals surface area contributed by atoms with Gasteiger partial charge in [-0.15, -0.1) is 0 Å². The van der Waals surface area contributed by atoms with Gasteiger partial charge in [0, 0.05) is 38.5 Å². The molecule has 0 saturated heterocycles. The summed E-state index contributed by atoms with van der Waals surface area (Å²) >= 11 is 0. The van der Waals surface area contributed by atoms with Crippen LogP contribution in [-0.4, -0.2) is 19.5 Å². The summed E-state index contributed by atoms with van der Waals surface area (Å²) in [6.07, 6.45) is 0. The SMILES string of the molecule is N#Cc1cc(-n2c3ccccc3c3ccc4oc5ccccc5c4c32)ccc1-c1nc(-c2ccccc2)nc(-c2ccccc2)n1. The van der Waals surface area contributed by atoms with E-state index in [4.69, 9.17) is 19.4 Å². The van der Waals surface area contributed by atoms with Crippen molar-refractivity contribution in [1.82, 2.24) is 19.5 Å². The standard InChI is InChI=1S/C40H23N5O/c41-24-27-23-28(19-20-29(27)40-43-38(25-11-3-1-4-12-25)42-39(44-40)26-13-5-2-6-14-26)45-33-17-9-7-15-30(33)31-21-22-35-36(37(31)45)32-16-8-10-18-34(32)46-35/h1-23H. The van der Waals surface area contributed by atoms with Crippen LogP contribution in [0.25, 0.3) is 83.6 Å². The van der Waals surface area contributed by atoms with E-state index < -0.39 is 0 Å². The third kappa shape index (κ3) is 4.00. The van der Waals surface area contributed by atoms with Crippen molar-refractivity contribution in [2.45, 2.75) is 0 Å². The largest absolute Gasteiger partial charge is 0.456 e. The van der Waals surface area contributed by atoms with Crippen LogP contribution in [0, 0.1) is 11.3 Å². The van der Waals surface area contributed by atoms with Gasteiger partial charge in [0.2, 0.25) is 0 Å². The highest BCUT2D eigenvalue weighted by atomic mass is 16.3. The van der Waals surface area contributed by atoms with E-state index in [0.717, 1.165) is 60.6 Å². The normalized spacial score (nSPS) is 11.5. The predicted octanol–water partition coefficient (Wildman–Crippen LogP) is 9.74. The van der Waals surface area contributed by atoms with Crippen molar-refractivity contribution < 1.29 is 4.42 Å². The van der Waals surface area contributed by atoms with Crippen LogP contribution >= 0.6 is 0 Å². The number of aromatic nitrogens is 4. The first-order chi connectivity index (χ1) is 22.8. The zero-order chi connectivity index (χ0) is 30.6. The summed E-state index contributed by atoms with van der Waals surface area (Å²) in [6, 6.07) is 48.7. The smallest absolute Gasteiger partial charge is 0.165 e. The molecule has 0 spiro atoms. The number of rotatable bonds is 4. The van der Waals surface area contributed by atoms with Gasteiger partial charge in [-0.1, -0.05) is 97.1 Å².